The zero-order valence-corrected chi connectivity index (χ0v) is 18.5. The van der Waals surface area contributed by atoms with Crippen LogP contribution in [0.1, 0.15) is 31.4 Å². The molecule has 2 aromatic rings. The average Bonchev–Trinajstić information content (AvgIpc) is 2.77. The fourth-order valence-corrected chi connectivity index (χ4v) is 3.12. The molecule has 0 aliphatic rings. The summed E-state index contributed by atoms with van der Waals surface area (Å²) in [6.07, 6.45) is -0.336. The van der Waals surface area contributed by atoms with Crippen LogP contribution in [0.4, 0.5) is 4.79 Å². The largest absolute Gasteiger partial charge is 0.497 e. The van der Waals surface area contributed by atoms with Crippen LogP contribution in [-0.2, 0) is 27.4 Å². The summed E-state index contributed by atoms with van der Waals surface area (Å²) in [6, 6.07) is 14.1. The van der Waals surface area contributed by atoms with Crippen molar-refractivity contribution in [3.05, 3.63) is 65.7 Å². The standard InChI is InChI=1S/C24H30N2O6/c1-16(2)12-20(26-24(30)32-15-17-8-5-4-6-9-17)22(27)25-21(23(28)29)14-18-10-7-11-19(13-18)31-3/h4-11,13,16,20-21H,12,14-15H2,1-3H3,(H,25,27)(H,26,30)(H,28,29)/t20-,21+/m0/s1. The lowest BCUT2D eigenvalue weighted by Crippen LogP contribution is -2.52. The Morgan fingerprint density at radius 1 is 0.938 bits per heavy atom. The third kappa shape index (κ3) is 8.29. The molecule has 0 spiro atoms. The normalized spacial score (nSPS) is 12.5. The number of aliphatic carboxylic acids is 1. The number of carboxylic acid groups (broad SMARTS) is 1. The lowest BCUT2D eigenvalue weighted by molar-refractivity contribution is -0.142. The molecule has 0 heterocycles. The maximum Gasteiger partial charge on any atom is 0.408 e. The van der Waals surface area contributed by atoms with Crippen LogP contribution in [0.3, 0.4) is 0 Å². The molecule has 3 N–H and O–H groups in total. The summed E-state index contributed by atoms with van der Waals surface area (Å²) in [7, 11) is 1.52. The number of hydrogen-bond acceptors (Lipinski definition) is 5. The van der Waals surface area contributed by atoms with Crippen molar-refractivity contribution < 1.29 is 29.0 Å². The van der Waals surface area contributed by atoms with Gasteiger partial charge in [0.15, 0.2) is 0 Å². The van der Waals surface area contributed by atoms with Crippen LogP contribution < -0.4 is 15.4 Å². The minimum atomic E-state index is -1.17. The summed E-state index contributed by atoms with van der Waals surface area (Å²) >= 11 is 0. The predicted molar refractivity (Wildman–Crippen MR) is 119 cm³/mol. The van der Waals surface area contributed by atoms with Crippen molar-refractivity contribution >= 4 is 18.0 Å². The first-order chi connectivity index (χ1) is 15.3. The zero-order chi connectivity index (χ0) is 23.5. The highest BCUT2D eigenvalue weighted by Gasteiger charge is 2.28. The van der Waals surface area contributed by atoms with Crippen LogP contribution in [0.2, 0.25) is 0 Å². The molecule has 0 radical (unpaired) electrons. The molecular formula is C24H30N2O6. The first kappa shape index (κ1) is 24.7. The number of benzene rings is 2. The molecule has 0 bridgehead atoms. The molecule has 0 aliphatic heterocycles. The second-order valence-electron chi connectivity index (χ2n) is 7.84. The number of methoxy groups -OCH3 is 1. The number of carbonyl (C=O) groups is 3. The Hall–Kier alpha value is -3.55. The Labute approximate surface area is 187 Å². The SMILES string of the molecule is COc1cccc(C[C@@H](NC(=O)[C@H](CC(C)C)NC(=O)OCc2ccccc2)C(=O)O)c1. The molecule has 172 valence electrons. The van der Waals surface area contributed by atoms with Crippen molar-refractivity contribution in [2.24, 2.45) is 5.92 Å². The summed E-state index contributed by atoms with van der Waals surface area (Å²) < 4.78 is 10.4. The van der Waals surface area contributed by atoms with Gasteiger partial charge in [0.05, 0.1) is 7.11 Å². The molecule has 2 amide bonds. The van der Waals surface area contributed by atoms with Crippen molar-refractivity contribution in [3.63, 3.8) is 0 Å². The average molecular weight is 443 g/mol. The number of amides is 2. The Morgan fingerprint density at radius 2 is 1.62 bits per heavy atom. The van der Waals surface area contributed by atoms with Crippen LogP contribution in [0.25, 0.3) is 0 Å². The van der Waals surface area contributed by atoms with Gasteiger partial charge in [-0.1, -0.05) is 56.3 Å². The van der Waals surface area contributed by atoms with Crippen LogP contribution >= 0.6 is 0 Å². The van der Waals surface area contributed by atoms with Gasteiger partial charge in [0, 0.05) is 6.42 Å². The van der Waals surface area contributed by atoms with E-state index in [4.69, 9.17) is 9.47 Å². The molecule has 2 rings (SSSR count). The molecule has 8 nitrogen and oxygen atoms in total. The van der Waals surface area contributed by atoms with Crippen LogP contribution in [0, 0.1) is 5.92 Å². The Balaban J connectivity index is 2.01. The summed E-state index contributed by atoms with van der Waals surface area (Å²) in [5.41, 5.74) is 1.52. The number of alkyl carbamates (subject to hydrolysis) is 1. The van der Waals surface area contributed by atoms with Gasteiger partial charge in [-0.25, -0.2) is 9.59 Å². The van der Waals surface area contributed by atoms with Crippen molar-refractivity contribution in [3.8, 4) is 5.75 Å². The van der Waals surface area contributed by atoms with E-state index in [1.54, 1.807) is 24.3 Å². The van der Waals surface area contributed by atoms with Crippen LogP contribution in [-0.4, -0.2) is 42.3 Å². The van der Waals surface area contributed by atoms with Gasteiger partial charge in [-0.2, -0.15) is 0 Å². The van der Waals surface area contributed by atoms with Crippen molar-refractivity contribution in [2.45, 2.75) is 45.4 Å². The highest BCUT2D eigenvalue weighted by Crippen LogP contribution is 2.15. The fraction of sp³-hybridized carbons (Fsp3) is 0.375. The molecule has 8 heteroatoms. The maximum absolute atomic E-state index is 12.8. The van der Waals surface area contributed by atoms with Crippen molar-refractivity contribution in [2.75, 3.05) is 7.11 Å². The first-order valence-corrected chi connectivity index (χ1v) is 10.4. The number of carbonyl (C=O) groups excluding carboxylic acids is 2. The lowest BCUT2D eigenvalue weighted by Gasteiger charge is -2.22. The van der Waals surface area contributed by atoms with Gasteiger partial charge in [0.2, 0.25) is 5.91 Å². The topological polar surface area (TPSA) is 114 Å². The number of rotatable bonds is 11. The lowest BCUT2D eigenvalue weighted by atomic mass is 10.0. The Bertz CT molecular complexity index is 900. The van der Waals surface area contributed by atoms with Crippen molar-refractivity contribution in [1.29, 1.82) is 0 Å². The number of hydrogen-bond donors (Lipinski definition) is 3. The van der Waals surface area contributed by atoms with E-state index < -0.39 is 30.1 Å². The van der Waals surface area contributed by atoms with E-state index in [2.05, 4.69) is 10.6 Å². The van der Waals surface area contributed by atoms with Gasteiger partial charge in [-0.3, -0.25) is 4.79 Å². The third-order valence-corrected chi connectivity index (χ3v) is 4.72. The number of ether oxygens (including phenoxy) is 2. The van der Waals surface area contributed by atoms with Crippen molar-refractivity contribution in [1.82, 2.24) is 10.6 Å². The molecule has 32 heavy (non-hydrogen) atoms. The van der Waals surface area contributed by atoms with Gasteiger partial charge in [-0.05, 0) is 35.6 Å². The van der Waals surface area contributed by atoms with E-state index in [-0.39, 0.29) is 18.9 Å². The molecule has 2 atom stereocenters. The second-order valence-corrected chi connectivity index (χ2v) is 7.84. The van der Waals surface area contributed by atoms with Gasteiger partial charge >= 0.3 is 12.1 Å². The smallest absolute Gasteiger partial charge is 0.408 e. The minimum Gasteiger partial charge on any atom is -0.497 e. The van der Waals surface area contributed by atoms with Crippen LogP contribution in [0.5, 0.6) is 5.75 Å². The third-order valence-electron chi connectivity index (χ3n) is 4.72. The molecular weight excluding hydrogens is 412 g/mol. The van der Waals surface area contributed by atoms with E-state index >= 15 is 0 Å². The van der Waals surface area contributed by atoms with E-state index in [1.165, 1.54) is 7.11 Å². The summed E-state index contributed by atoms with van der Waals surface area (Å²) in [4.78, 5) is 36.9. The van der Waals surface area contributed by atoms with E-state index in [0.29, 0.717) is 17.7 Å². The summed E-state index contributed by atoms with van der Waals surface area (Å²) in [5, 5.41) is 14.7. The molecule has 0 aromatic heterocycles. The summed E-state index contributed by atoms with van der Waals surface area (Å²) in [5.74, 6) is -1.07. The summed E-state index contributed by atoms with van der Waals surface area (Å²) in [6.45, 7) is 3.88. The van der Waals surface area contributed by atoms with E-state index in [0.717, 1.165) is 5.56 Å². The van der Waals surface area contributed by atoms with Crippen LogP contribution in [0.15, 0.2) is 54.6 Å². The second kappa shape index (κ2) is 12.3. The van der Waals surface area contributed by atoms with E-state index in [9.17, 15) is 19.5 Å². The molecule has 0 fully saturated rings. The monoisotopic (exact) mass is 442 g/mol. The molecule has 0 unspecified atom stereocenters. The fourth-order valence-electron chi connectivity index (χ4n) is 3.12. The quantitative estimate of drug-likeness (QED) is 0.493. The first-order valence-electron chi connectivity index (χ1n) is 10.4. The van der Waals surface area contributed by atoms with E-state index in [1.807, 2.05) is 44.2 Å². The van der Waals surface area contributed by atoms with Gasteiger partial charge < -0.3 is 25.2 Å². The minimum absolute atomic E-state index is 0.0658. The molecule has 0 saturated heterocycles. The van der Waals surface area contributed by atoms with Gasteiger partial charge in [-0.15, -0.1) is 0 Å². The van der Waals surface area contributed by atoms with Gasteiger partial charge in [0.1, 0.15) is 24.4 Å². The highest BCUT2D eigenvalue weighted by molar-refractivity contribution is 5.89. The molecule has 0 saturated carbocycles. The predicted octanol–water partition coefficient (Wildman–Crippen LogP) is 3.15. The number of nitrogens with one attached hydrogen (secondary N) is 2. The van der Waals surface area contributed by atoms with Gasteiger partial charge in [0.25, 0.3) is 0 Å². The Morgan fingerprint density at radius 3 is 2.25 bits per heavy atom. The highest BCUT2D eigenvalue weighted by atomic mass is 16.5. The molecule has 0 aliphatic carbocycles. The zero-order valence-electron chi connectivity index (χ0n) is 18.5. The number of carboxylic acids is 1. The molecule has 2 aromatic carbocycles. The maximum atomic E-state index is 12.8. The Kier molecular flexibility index (Phi) is 9.53.